The van der Waals surface area contributed by atoms with Crippen LogP contribution in [0.4, 0.5) is 10.6 Å². The zero-order valence-corrected chi connectivity index (χ0v) is 17.3. The average Bonchev–Trinajstić information content (AvgIpc) is 2.66. The first kappa shape index (κ1) is 21.9. The van der Waals surface area contributed by atoms with Crippen LogP contribution in [0.25, 0.3) is 11.3 Å². The zero-order chi connectivity index (χ0) is 21.6. The number of nitrogen functional groups attached to an aromatic ring is 1. The minimum absolute atomic E-state index is 0.00168. The molecule has 9 nitrogen and oxygen atoms in total. The third-order valence-electron chi connectivity index (χ3n) is 3.71. The highest BCUT2D eigenvalue weighted by Gasteiger charge is 2.19. The van der Waals surface area contributed by atoms with Gasteiger partial charge in [0.05, 0.1) is 25.5 Å². The molecule has 0 saturated heterocycles. The van der Waals surface area contributed by atoms with Crippen molar-refractivity contribution < 1.29 is 23.8 Å². The molecule has 1 aromatic carbocycles. The van der Waals surface area contributed by atoms with Crippen LogP contribution in [0.3, 0.4) is 0 Å². The molecule has 2 N–H and O–H groups in total. The Balaban J connectivity index is 2.03. The second kappa shape index (κ2) is 9.22. The number of benzene rings is 1. The Labute approximate surface area is 169 Å². The van der Waals surface area contributed by atoms with E-state index in [9.17, 15) is 9.59 Å². The summed E-state index contributed by atoms with van der Waals surface area (Å²) < 4.78 is 15.7. The second-order valence-corrected chi connectivity index (χ2v) is 7.26. The van der Waals surface area contributed by atoms with Crippen LogP contribution in [0.2, 0.25) is 0 Å². The number of anilines is 1. The highest BCUT2D eigenvalue weighted by Crippen LogP contribution is 2.23. The Hall–Kier alpha value is -3.36. The zero-order valence-electron chi connectivity index (χ0n) is 17.3. The number of hydrogen-bond donors (Lipinski definition) is 1. The molecule has 9 heteroatoms. The van der Waals surface area contributed by atoms with Gasteiger partial charge in [0.15, 0.2) is 11.5 Å². The number of rotatable bonds is 6. The molecule has 0 aliphatic rings. The number of hydrogen-bond acceptors (Lipinski definition) is 8. The van der Waals surface area contributed by atoms with Gasteiger partial charge in [-0.1, -0.05) is 12.1 Å². The molecule has 156 valence electrons. The van der Waals surface area contributed by atoms with E-state index in [0.717, 1.165) is 0 Å². The number of ether oxygens (including phenoxy) is 3. The van der Waals surface area contributed by atoms with Gasteiger partial charge in [0, 0.05) is 12.6 Å². The van der Waals surface area contributed by atoms with Gasteiger partial charge in [0.25, 0.3) is 0 Å². The molecule has 1 amide bonds. The van der Waals surface area contributed by atoms with Crippen molar-refractivity contribution in [3.8, 4) is 17.0 Å². The first-order chi connectivity index (χ1) is 13.6. The van der Waals surface area contributed by atoms with Gasteiger partial charge >= 0.3 is 12.1 Å². The minimum atomic E-state index is -0.658. The average molecular weight is 402 g/mol. The van der Waals surface area contributed by atoms with Crippen molar-refractivity contribution in [3.63, 3.8) is 0 Å². The summed E-state index contributed by atoms with van der Waals surface area (Å²) in [6.45, 7) is 6.07. The lowest BCUT2D eigenvalue weighted by Gasteiger charge is -2.24. The van der Waals surface area contributed by atoms with Crippen LogP contribution in [0, 0.1) is 0 Å². The van der Waals surface area contributed by atoms with Crippen molar-refractivity contribution in [1.29, 1.82) is 0 Å². The number of amides is 1. The van der Waals surface area contributed by atoms with Gasteiger partial charge in [0.2, 0.25) is 0 Å². The molecule has 0 unspecified atom stereocenters. The van der Waals surface area contributed by atoms with Crippen molar-refractivity contribution in [2.75, 3.05) is 33.0 Å². The van der Waals surface area contributed by atoms with Gasteiger partial charge in [-0.2, -0.15) is 0 Å². The number of methoxy groups -OCH3 is 1. The number of carbonyl (C=O) groups is 2. The van der Waals surface area contributed by atoms with Crippen LogP contribution in [-0.4, -0.2) is 59.8 Å². The number of aromatic nitrogens is 2. The Bertz CT molecular complexity index is 879. The molecule has 1 aromatic heterocycles. The van der Waals surface area contributed by atoms with E-state index >= 15 is 0 Å². The highest BCUT2D eigenvalue weighted by atomic mass is 16.6. The Kier molecular flexibility index (Phi) is 6.98. The molecule has 2 rings (SSSR count). The molecule has 0 fully saturated rings. The lowest BCUT2D eigenvalue weighted by atomic mass is 10.1. The summed E-state index contributed by atoms with van der Waals surface area (Å²) in [6.07, 6.45) is 1.05. The number of esters is 1. The molecule has 0 aliphatic carbocycles. The number of nitrogens with two attached hydrogens (primary N) is 1. The summed E-state index contributed by atoms with van der Waals surface area (Å²) in [5.74, 6) is -0.0778. The van der Waals surface area contributed by atoms with E-state index in [4.69, 9.17) is 15.2 Å². The summed E-state index contributed by atoms with van der Waals surface area (Å²) in [4.78, 5) is 33.4. The summed E-state index contributed by atoms with van der Waals surface area (Å²) in [5.41, 5.74) is 6.24. The molecule has 29 heavy (non-hydrogen) atoms. The van der Waals surface area contributed by atoms with Gasteiger partial charge in [-0.15, -0.1) is 0 Å². The maximum absolute atomic E-state index is 12.0. The third-order valence-corrected chi connectivity index (χ3v) is 3.71. The van der Waals surface area contributed by atoms with E-state index in [1.54, 1.807) is 31.3 Å². The third kappa shape index (κ3) is 6.34. The van der Waals surface area contributed by atoms with Gasteiger partial charge in [-0.05, 0) is 32.9 Å². The second-order valence-electron chi connectivity index (χ2n) is 7.26. The van der Waals surface area contributed by atoms with Crippen LogP contribution < -0.4 is 10.5 Å². The fourth-order valence-electron chi connectivity index (χ4n) is 2.26. The van der Waals surface area contributed by atoms with Crippen molar-refractivity contribution >= 4 is 17.9 Å². The van der Waals surface area contributed by atoms with Gasteiger partial charge < -0.3 is 24.8 Å². The smallest absolute Gasteiger partial charge is 0.410 e. The monoisotopic (exact) mass is 402 g/mol. The van der Waals surface area contributed by atoms with Crippen molar-refractivity contribution in [2.24, 2.45) is 0 Å². The Morgan fingerprint density at radius 2 is 1.97 bits per heavy atom. The minimum Gasteiger partial charge on any atom is -0.492 e. The summed E-state index contributed by atoms with van der Waals surface area (Å²) >= 11 is 0. The molecular formula is C20H26N4O5. The molecule has 1 heterocycles. The van der Waals surface area contributed by atoms with Gasteiger partial charge in [-0.3, -0.25) is 0 Å². The Morgan fingerprint density at radius 3 is 2.62 bits per heavy atom. The summed E-state index contributed by atoms with van der Waals surface area (Å²) in [5, 5.41) is 0. The molecule has 0 radical (unpaired) electrons. The van der Waals surface area contributed by atoms with Gasteiger partial charge in [0.1, 0.15) is 18.0 Å². The predicted molar refractivity (Wildman–Crippen MR) is 108 cm³/mol. The molecule has 0 saturated carbocycles. The van der Waals surface area contributed by atoms with E-state index in [1.165, 1.54) is 18.2 Å². The van der Waals surface area contributed by atoms with Crippen LogP contribution >= 0.6 is 0 Å². The molecule has 2 aromatic rings. The molecular weight excluding hydrogens is 376 g/mol. The van der Waals surface area contributed by atoms with Crippen molar-refractivity contribution in [2.45, 2.75) is 26.4 Å². The maximum atomic E-state index is 12.0. The van der Waals surface area contributed by atoms with Gasteiger partial charge in [-0.25, -0.2) is 19.6 Å². The van der Waals surface area contributed by atoms with E-state index in [-0.39, 0.29) is 18.1 Å². The number of carbonyl (C=O) groups excluding carboxylic acids is 2. The summed E-state index contributed by atoms with van der Waals surface area (Å²) in [6, 6.07) is 7.14. The normalized spacial score (nSPS) is 10.9. The van der Waals surface area contributed by atoms with E-state index in [2.05, 4.69) is 14.7 Å². The van der Waals surface area contributed by atoms with Crippen LogP contribution in [0.1, 0.15) is 31.3 Å². The first-order valence-electron chi connectivity index (χ1n) is 8.99. The highest BCUT2D eigenvalue weighted by molar-refractivity contribution is 5.92. The maximum Gasteiger partial charge on any atom is 0.410 e. The SMILES string of the molecule is COC(=O)c1nc(-c2cccc(OCCN(C)C(=O)OC(C)(C)C)c2)cnc1N. The van der Waals surface area contributed by atoms with Crippen LogP contribution in [0.5, 0.6) is 5.75 Å². The molecule has 0 aliphatic heterocycles. The van der Waals surface area contributed by atoms with E-state index in [0.29, 0.717) is 23.6 Å². The van der Waals surface area contributed by atoms with E-state index < -0.39 is 17.7 Å². The predicted octanol–water partition coefficient (Wildman–Crippen LogP) is 2.76. The number of likely N-dealkylation sites (N-methyl/N-ethyl adjacent to an activating group) is 1. The van der Waals surface area contributed by atoms with Crippen molar-refractivity contribution in [3.05, 3.63) is 36.2 Å². The summed E-state index contributed by atoms with van der Waals surface area (Å²) in [7, 11) is 2.89. The van der Waals surface area contributed by atoms with Crippen LogP contribution in [-0.2, 0) is 9.47 Å². The molecule has 0 bridgehead atoms. The van der Waals surface area contributed by atoms with Crippen LogP contribution in [0.15, 0.2) is 30.5 Å². The van der Waals surface area contributed by atoms with Crippen molar-refractivity contribution in [1.82, 2.24) is 14.9 Å². The first-order valence-corrected chi connectivity index (χ1v) is 8.99. The standard InChI is InChI=1S/C20H26N4O5/c1-20(2,3)29-19(26)24(4)9-10-28-14-8-6-7-13(11-14)15-12-22-17(21)16(23-15)18(25)27-5/h6-8,11-12H,9-10H2,1-5H3,(H2,21,22). The Morgan fingerprint density at radius 1 is 1.24 bits per heavy atom. The quantitative estimate of drug-likeness (QED) is 0.733. The fraction of sp³-hybridized carbons (Fsp3) is 0.400. The number of nitrogens with zero attached hydrogens (tertiary/aromatic N) is 3. The fourth-order valence-corrected chi connectivity index (χ4v) is 2.26. The molecule has 0 atom stereocenters. The topological polar surface area (TPSA) is 117 Å². The molecule has 0 spiro atoms. The van der Waals surface area contributed by atoms with E-state index in [1.807, 2.05) is 20.8 Å². The largest absolute Gasteiger partial charge is 0.492 e. The lowest BCUT2D eigenvalue weighted by Crippen LogP contribution is -2.36. The lowest BCUT2D eigenvalue weighted by molar-refractivity contribution is 0.0278.